The number of hydrogen-bond acceptors (Lipinski definition) is 3. The van der Waals surface area contributed by atoms with Gasteiger partial charge in [-0.2, -0.15) is 0 Å². The summed E-state index contributed by atoms with van der Waals surface area (Å²) in [5.74, 6) is 1.13. The Balaban J connectivity index is 1.81. The molecule has 0 bridgehead atoms. The zero-order valence-electron chi connectivity index (χ0n) is 9.12. The van der Waals surface area contributed by atoms with Gasteiger partial charge in [0.2, 0.25) is 0 Å². The van der Waals surface area contributed by atoms with Gasteiger partial charge in [-0.05, 0) is 18.8 Å². The van der Waals surface area contributed by atoms with Crippen LogP contribution in [0, 0.1) is 11.8 Å². The molecule has 14 heavy (non-hydrogen) atoms. The first-order valence-corrected chi connectivity index (χ1v) is 5.38. The minimum Gasteiger partial charge on any atom is -0.379 e. The average molecular weight is 200 g/mol. The highest BCUT2D eigenvalue weighted by molar-refractivity contribution is 5.84. The number of ketones is 1. The van der Waals surface area contributed by atoms with Crippen molar-refractivity contribution in [2.75, 3.05) is 26.4 Å². The normalized spacial score (nSPS) is 16.2. The molecule has 0 amide bonds. The van der Waals surface area contributed by atoms with Crippen molar-refractivity contribution in [2.45, 2.75) is 26.7 Å². The van der Waals surface area contributed by atoms with Gasteiger partial charge in [0.05, 0.1) is 13.2 Å². The van der Waals surface area contributed by atoms with Gasteiger partial charge in [0, 0.05) is 12.5 Å². The van der Waals surface area contributed by atoms with Crippen LogP contribution in [-0.2, 0) is 14.3 Å². The Hall–Kier alpha value is -0.410. The molecule has 82 valence electrons. The lowest BCUT2D eigenvalue weighted by atomic mass is 10.2. The monoisotopic (exact) mass is 200 g/mol. The van der Waals surface area contributed by atoms with Gasteiger partial charge in [0.25, 0.3) is 0 Å². The summed E-state index contributed by atoms with van der Waals surface area (Å²) in [6, 6.07) is 0. The first kappa shape index (κ1) is 11.7. The van der Waals surface area contributed by atoms with Crippen molar-refractivity contribution in [1.82, 2.24) is 0 Å². The van der Waals surface area contributed by atoms with E-state index in [0.29, 0.717) is 25.0 Å². The van der Waals surface area contributed by atoms with Gasteiger partial charge < -0.3 is 9.47 Å². The summed E-state index contributed by atoms with van der Waals surface area (Å²) < 4.78 is 10.5. The summed E-state index contributed by atoms with van der Waals surface area (Å²) in [5, 5.41) is 0. The molecule has 0 saturated heterocycles. The van der Waals surface area contributed by atoms with Crippen molar-refractivity contribution in [3.05, 3.63) is 0 Å². The molecule has 0 spiro atoms. The Morgan fingerprint density at radius 2 is 1.93 bits per heavy atom. The fourth-order valence-corrected chi connectivity index (χ4v) is 1.13. The van der Waals surface area contributed by atoms with Crippen LogP contribution in [0.3, 0.4) is 0 Å². The fourth-order valence-electron chi connectivity index (χ4n) is 1.13. The van der Waals surface area contributed by atoms with Crippen molar-refractivity contribution in [1.29, 1.82) is 0 Å². The molecule has 1 fully saturated rings. The molecule has 1 aliphatic rings. The molecule has 1 rings (SSSR count). The maximum atomic E-state index is 11.2. The number of rotatable bonds is 8. The van der Waals surface area contributed by atoms with Gasteiger partial charge in [0.15, 0.2) is 5.78 Å². The molecule has 0 atom stereocenters. The highest BCUT2D eigenvalue weighted by Gasteiger charge is 2.28. The number of hydrogen-bond donors (Lipinski definition) is 0. The molecule has 3 nitrogen and oxygen atoms in total. The van der Waals surface area contributed by atoms with Gasteiger partial charge in [-0.25, -0.2) is 0 Å². The maximum absolute atomic E-state index is 11.2. The van der Waals surface area contributed by atoms with E-state index in [0.717, 1.165) is 19.4 Å². The molecule has 1 saturated carbocycles. The van der Waals surface area contributed by atoms with Crippen molar-refractivity contribution in [3.8, 4) is 0 Å². The fraction of sp³-hybridized carbons (Fsp3) is 0.909. The number of carbonyl (C=O) groups excluding carboxylic acids is 1. The molecule has 0 heterocycles. The number of ether oxygens (including phenoxy) is 2. The van der Waals surface area contributed by atoms with Crippen molar-refractivity contribution in [2.24, 2.45) is 11.8 Å². The zero-order valence-corrected chi connectivity index (χ0v) is 9.12. The third-order valence-corrected chi connectivity index (χ3v) is 2.10. The van der Waals surface area contributed by atoms with Gasteiger partial charge in [-0.15, -0.1) is 0 Å². The first-order chi connectivity index (χ1) is 6.70. The van der Waals surface area contributed by atoms with E-state index in [1.165, 1.54) is 0 Å². The molecule has 0 radical (unpaired) electrons. The summed E-state index contributed by atoms with van der Waals surface area (Å²) in [7, 11) is 0. The molecule has 0 aromatic heterocycles. The van der Waals surface area contributed by atoms with Crippen LogP contribution in [-0.4, -0.2) is 32.2 Å². The van der Waals surface area contributed by atoms with Crippen LogP contribution >= 0.6 is 0 Å². The lowest BCUT2D eigenvalue weighted by Crippen LogP contribution is -2.14. The summed E-state index contributed by atoms with van der Waals surface area (Å²) >= 11 is 0. The second-order valence-electron chi connectivity index (χ2n) is 4.26. The minimum atomic E-state index is 0.258. The molecule has 0 N–H and O–H groups in total. The van der Waals surface area contributed by atoms with E-state index in [4.69, 9.17) is 9.47 Å². The predicted molar refractivity (Wildman–Crippen MR) is 54.2 cm³/mol. The Labute approximate surface area is 85.8 Å². The highest BCUT2D eigenvalue weighted by atomic mass is 16.5. The standard InChI is InChI=1S/C11H20O3/c1-9(2)7-13-5-6-14-8-11(12)10-3-4-10/h9-10H,3-8H2,1-2H3. The van der Waals surface area contributed by atoms with Crippen molar-refractivity contribution >= 4 is 5.78 Å². The summed E-state index contributed by atoms with van der Waals surface area (Å²) in [5.41, 5.74) is 0. The Morgan fingerprint density at radius 1 is 1.29 bits per heavy atom. The van der Waals surface area contributed by atoms with Crippen LogP contribution < -0.4 is 0 Å². The molecule has 0 aliphatic heterocycles. The van der Waals surface area contributed by atoms with Crippen LogP contribution in [0.5, 0.6) is 0 Å². The van der Waals surface area contributed by atoms with E-state index >= 15 is 0 Å². The summed E-state index contributed by atoms with van der Waals surface area (Å²) in [6.45, 7) is 6.38. The number of Topliss-reactive ketones (excluding diaryl/α,β-unsaturated/α-hetero) is 1. The van der Waals surface area contributed by atoms with E-state index in [1.807, 2.05) is 0 Å². The molecule has 0 aromatic carbocycles. The van der Waals surface area contributed by atoms with E-state index < -0.39 is 0 Å². The van der Waals surface area contributed by atoms with E-state index in [2.05, 4.69) is 13.8 Å². The van der Waals surface area contributed by atoms with Crippen molar-refractivity contribution in [3.63, 3.8) is 0 Å². The lowest BCUT2D eigenvalue weighted by Gasteiger charge is -2.06. The quantitative estimate of drug-likeness (QED) is 0.559. The average Bonchev–Trinajstić information content (AvgIpc) is 2.92. The Morgan fingerprint density at radius 3 is 2.50 bits per heavy atom. The second-order valence-corrected chi connectivity index (χ2v) is 4.26. The largest absolute Gasteiger partial charge is 0.379 e. The molecule has 1 aliphatic carbocycles. The second kappa shape index (κ2) is 6.14. The summed E-state index contributed by atoms with van der Waals surface area (Å²) in [6.07, 6.45) is 2.12. The summed E-state index contributed by atoms with van der Waals surface area (Å²) in [4.78, 5) is 11.2. The van der Waals surface area contributed by atoms with Gasteiger partial charge in [-0.3, -0.25) is 4.79 Å². The van der Waals surface area contributed by atoms with Crippen LogP contribution in [0.1, 0.15) is 26.7 Å². The third-order valence-electron chi connectivity index (χ3n) is 2.10. The van der Waals surface area contributed by atoms with Gasteiger partial charge in [0.1, 0.15) is 6.61 Å². The Kier molecular flexibility index (Phi) is 5.12. The van der Waals surface area contributed by atoms with E-state index in [9.17, 15) is 4.79 Å². The topological polar surface area (TPSA) is 35.5 Å². The minimum absolute atomic E-state index is 0.258. The molecule has 0 aromatic rings. The van der Waals surface area contributed by atoms with Crippen LogP contribution in [0.25, 0.3) is 0 Å². The molecule has 3 heteroatoms. The smallest absolute Gasteiger partial charge is 0.161 e. The predicted octanol–water partition coefficient (Wildman–Crippen LogP) is 1.65. The van der Waals surface area contributed by atoms with Crippen molar-refractivity contribution < 1.29 is 14.3 Å². The molecule has 0 unspecified atom stereocenters. The SMILES string of the molecule is CC(C)COCCOCC(=O)C1CC1. The molecular weight excluding hydrogens is 180 g/mol. The van der Waals surface area contributed by atoms with Crippen LogP contribution in [0.2, 0.25) is 0 Å². The Bertz CT molecular complexity index is 173. The highest BCUT2D eigenvalue weighted by Crippen LogP contribution is 2.29. The van der Waals surface area contributed by atoms with Crippen LogP contribution in [0.4, 0.5) is 0 Å². The van der Waals surface area contributed by atoms with E-state index in [-0.39, 0.29) is 12.4 Å². The van der Waals surface area contributed by atoms with Crippen LogP contribution in [0.15, 0.2) is 0 Å². The third kappa shape index (κ3) is 5.35. The maximum Gasteiger partial charge on any atom is 0.161 e. The lowest BCUT2D eigenvalue weighted by molar-refractivity contribution is -0.125. The van der Waals surface area contributed by atoms with E-state index in [1.54, 1.807) is 0 Å². The van der Waals surface area contributed by atoms with Gasteiger partial charge >= 0.3 is 0 Å². The first-order valence-electron chi connectivity index (χ1n) is 5.38. The van der Waals surface area contributed by atoms with Gasteiger partial charge in [-0.1, -0.05) is 13.8 Å². The number of carbonyl (C=O) groups is 1. The molecular formula is C11H20O3. The zero-order chi connectivity index (χ0) is 10.4.